The van der Waals surface area contributed by atoms with Gasteiger partial charge in [0.1, 0.15) is 5.75 Å². The van der Waals surface area contributed by atoms with Crippen LogP contribution in [-0.2, 0) is 9.53 Å². The van der Waals surface area contributed by atoms with Crippen LogP contribution < -0.4 is 10.1 Å². The summed E-state index contributed by atoms with van der Waals surface area (Å²) in [5.74, 6) is 0.588. The van der Waals surface area contributed by atoms with E-state index in [1.807, 2.05) is 0 Å². The number of aliphatic hydroxyl groups is 1. The number of amides is 1. The molecule has 0 heterocycles. The summed E-state index contributed by atoms with van der Waals surface area (Å²) in [6.07, 6.45) is 0.280. The van der Waals surface area contributed by atoms with E-state index in [0.29, 0.717) is 30.5 Å². The average molecular weight is 288 g/mol. The summed E-state index contributed by atoms with van der Waals surface area (Å²) in [6, 6.07) is 6.97. The molecule has 2 N–H and O–H groups in total. The highest BCUT2D eigenvalue weighted by Crippen LogP contribution is 2.15. The van der Waals surface area contributed by atoms with Crippen LogP contribution in [0.1, 0.15) is 6.42 Å². The lowest BCUT2D eigenvalue weighted by atomic mass is 10.3. The Morgan fingerprint density at radius 3 is 2.63 bits per heavy atom. The second-order valence-electron chi connectivity index (χ2n) is 3.74. The minimum atomic E-state index is -0.0958. The molecule has 0 atom stereocenters. The Labute approximate surface area is 117 Å². The van der Waals surface area contributed by atoms with Crippen molar-refractivity contribution in [2.24, 2.45) is 0 Å². The number of carbonyl (C=O) groups excluding carboxylic acids is 1. The van der Waals surface area contributed by atoms with Crippen LogP contribution in [0.15, 0.2) is 24.3 Å². The van der Waals surface area contributed by atoms with Gasteiger partial charge in [0.2, 0.25) is 5.91 Å². The summed E-state index contributed by atoms with van der Waals surface area (Å²) in [5.41, 5.74) is 0. The van der Waals surface area contributed by atoms with Crippen molar-refractivity contribution in [3.05, 3.63) is 29.3 Å². The summed E-state index contributed by atoms with van der Waals surface area (Å²) in [4.78, 5) is 11.4. The van der Waals surface area contributed by atoms with Crippen LogP contribution in [0, 0.1) is 0 Å². The van der Waals surface area contributed by atoms with Gasteiger partial charge in [-0.15, -0.1) is 0 Å². The van der Waals surface area contributed by atoms with Crippen molar-refractivity contribution in [2.45, 2.75) is 6.42 Å². The molecule has 19 heavy (non-hydrogen) atoms. The topological polar surface area (TPSA) is 67.8 Å². The zero-order chi connectivity index (χ0) is 13.9. The molecule has 0 saturated carbocycles. The van der Waals surface area contributed by atoms with Crippen LogP contribution in [0.4, 0.5) is 0 Å². The van der Waals surface area contributed by atoms with Crippen LogP contribution in [0.25, 0.3) is 0 Å². The summed E-state index contributed by atoms with van der Waals surface area (Å²) in [7, 11) is 0. The molecule has 0 spiro atoms. The van der Waals surface area contributed by atoms with Crippen molar-refractivity contribution in [3.8, 4) is 5.75 Å². The van der Waals surface area contributed by atoms with E-state index in [9.17, 15) is 4.79 Å². The summed E-state index contributed by atoms with van der Waals surface area (Å²) in [6.45, 7) is 1.41. The van der Waals surface area contributed by atoms with E-state index in [1.165, 1.54) is 0 Å². The first-order chi connectivity index (χ1) is 9.22. The maximum absolute atomic E-state index is 11.4. The molecule has 1 rings (SSSR count). The van der Waals surface area contributed by atoms with Crippen molar-refractivity contribution < 1.29 is 19.4 Å². The third-order valence-electron chi connectivity index (χ3n) is 2.22. The van der Waals surface area contributed by atoms with Gasteiger partial charge in [-0.1, -0.05) is 11.6 Å². The molecule has 106 valence electrons. The number of hydrogen-bond acceptors (Lipinski definition) is 4. The molecule has 0 bridgehead atoms. The van der Waals surface area contributed by atoms with Gasteiger partial charge in [0, 0.05) is 11.6 Å². The van der Waals surface area contributed by atoms with Gasteiger partial charge in [-0.05, 0) is 24.3 Å². The summed E-state index contributed by atoms with van der Waals surface area (Å²) >= 11 is 5.74. The number of aliphatic hydroxyl groups excluding tert-OH is 1. The minimum Gasteiger partial charge on any atom is -0.493 e. The Hall–Kier alpha value is -1.30. The van der Waals surface area contributed by atoms with Crippen molar-refractivity contribution in [1.82, 2.24) is 5.32 Å². The molecule has 1 amide bonds. The Morgan fingerprint density at radius 1 is 1.21 bits per heavy atom. The first-order valence-corrected chi connectivity index (χ1v) is 6.44. The van der Waals surface area contributed by atoms with E-state index in [4.69, 9.17) is 26.2 Å². The predicted molar refractivity (Wildman–Crippen MR) is 72.5 cm³/mol. The van der Waals surface area contributed by atoms with E-state index in [-0.39, 0.29) is 25.5 Å². The van der Waals surface area contributed by atoms with Gasteiger partial charge < -0.3 is 19.9 Å². The first-order valence-electron chi connectivity index (χ1n) is 6.06. The summed E-state index contributed by atoms with van der Waals surface area (Å²) in [5, 5.41) is 11.8. The fourth-order valence-electron chi connectivity index (χ4n) is 1.31. The molecule has 0 fully saturated rings. The Bertz CT molecular complexity index is 369. The SMILES string of the molecule is O=C(CCOc1ccc(Cl)cc1)NCCOCCO. The monoisotopic (exact) mass is 287 g/mol. The highest BCUT2D eigenvalue weighted by Gasteiger charge is 2.01. The lowest BCUT2D eigenvalue weighted by Gasteiger charge is -2.07. The Kier molecular flexibility index (Phi) is 7.97. The van der Waals surface area contributed by atoms with Gasteiger partial charge in [0.05, 0.1) is 32.8 Å². The number of ether oxygens (including phenoxy) is 2. The molecule has 6 heteroatoms. The molecule has 1 aromatic rings. The Balaban J connectivity index is 2.05. The van der Waals surface area contributed by atoms with Crippen LogP contribution in [0.2, 0.25) is 5.02 Å². The molecule has 0 aromatic heterocycles. The number of benzene rings is 1. The smallest absolute Gasteiger partial charge is 0.223 e. The molecule has 0 aliphatic heterocycles. The van der Waals surface area contributed by atoms with Gasteiger partial charge in [0.15, 0.2) is 0 Å². The van der Waals surface area contributed by atoms with Crippen LogP contribution in [0.3, 0.4) is 0 Å². The van der Waals surface area contributed by atoms with E-state index in [0.717, 1.165) is 0 Å². The van der Waals surface area contributed by atoms with E-state index in [2.05, 4.69) is 5.32 Å². The molecule has 0 aliphatic rings. The molecule has 1 aromatic carbocycles. The first kappa shape index (κ1) is 15.8. The molecule has 0 radical (unpaired) electrons. The lowest BCUT2D eigenvalue weighted by Crippen LogP contribution is -2.28. The zero-order valence-corrected chi connectivity index (χ0v) is 11.4. The second-order valence-corrected chi connectivity index (χ2v) is 4.17. The van der Waals surface area contributed by atoms with E-state index in [1.54, 1.807) is 24.3 Å². The van der Waals surface area contributed by atoms with Gasteiger partial charge >= 0.3 is 0 Å². The number of halogens is 1. The minimum absolute atomic E-state index is 0.0110. The van der Waals surface area contributed by atoms with Gasteiger partial charge in [-0.2, -0.15) is 0 Å². The van der Waals surface area contributed by atoms with Crippen LogP contribution in [-0.4, -0.2) is 44.0 Å². The van der Waals surface area contributed by atoms with Crippen molar-refractivity contribution in [1.29, 1.82) is 0 Å². The second kappa shape index (κ2) is 9.61. The van der Waals surface area contributed by atoms with Gasteiger partial charge in [-0.3, -0.25) is 4.79 Å². The number of hydrogen-bond donors (Lipinski definition) is 2. The third kappa shape index (κ3) is 7.66. The largest absolute Gasteiger partial charge is 0.493 e. The van der Waals surface area contributed by atoms with Crippen LogP contribution in [0.5, 0.6) is 5.75 Å². The van der Waals surface area contributed by atoms with Crippen molar-refractivity contribution in [2.75, 3.05) is 33.0 Å². The Morgan fingerprint density at radius 2 is 1.95 bits per heavy atom. The number of rotatable bonds is 9. The van der Waals surface area contributed by atoms with E-state index < -0.39 is 0 Å². The molecule has 0 unspecified atom stereocenters. The van der Waals surface area contributed by atoms with Crippen LogP contribution >= 0.6 is 11.6 Å². The highest BCUT2D eigenvalue weighted by molar-refractivity contribution is 6.30. The van der Waals surface area contributed by atoms with E-state index >= 15 is 0 Å². The van der Waals surface area contributed by atoms with Gasteiger partial charge in [-0.25, -0.2) is 0 Å². The third-order valence-corrected chi connectivity index (χ3v) is 2.47. The molecular formula is C13H18ClNO4. The quantitative estimate of drug-likeness (QED) is 0.671. The maximum Gasteiger partial charge on any atom is 0.223 e. The van der Waals surface area contributed by atoms with Gasteiger partial charge in [0.25, 0.3) is 0 Å². The molecule has 0 aliphatic carbocycles. The molecule has 5 nitrogen and oxygen atoms in total. The fraction of sp³-hybridized carbons (Fsp3) is 0.462. The molecular weight excluding hydrogens is 270 g/mol. The number of carbonyl (C=O) groups is 1. The maximum atomic E-state index is 11.4. The standard InChI is InChI=1S/C13H18ClNO4/c14-11-1-3-12(4-2-11)19-8-5-13(17)15-6-9-18-10-7-16/h1-4,16H,5-10H2,(H,15,17). The average Bonchev–Trinajstić information content (AvgIpc) is 2.41. The fourth-order valence-corrected chi connectivity index (χ4v) is 1.44. The number of nitrogens with one attached hydrogen (secondary N) is 1. The van der Waals surface area contributed by atoms with Crippen molar-refractivity contribution in [3.63, 3.8) is 0 Å². The van der Waals surface area contributed by atoms with Crippen molar-refractivity contribution >= 4 is 17.5 Å². The summed E-state index contributed by atoms with van der Waals surface area (Å²) < 4.78 is 10.4. The predicted octanol–water partition coefficient (Wildman–Crippen LogP) is 1.23. The normalized spacial score (nSPS) is 10.2. The lowest BCUT2D eigenvalue weighted by molar-refractivity contribution is -0.121. The zero-order valence-electron chi connectivity index (χ0n) is 10.6. The highest BCUT2D eigenvalue weighted by atomic mass is 35.5. The molecule has 0 saturated heterocycles.